The first-order valence-electron chi connectivity index (χ1n) is 5.62. The molecule has 1 atom stereocenters. The van der Waals surface area contributed by atoms with Crippen molar-refractivity contribution in [2.24, 2.45) is 0 Å². The van der Waals surface area contributed by atoms with Crippen molar-refractivity contribution in [2.75, 3.05) is 25.1 Å². The standard InChI is InChI=1S/C13H16N2O/c1-15(10-13-6-3-7-16-13)12-5-2-4-11(8-12)9-14/h2,4-5,8,13H,3,6-7,10H2,1H3. The van der Waals surface area contributed by atoms with Crippen LogP contribution in [0.1, 0.15) is 18.4 Å². The smallest absolute Gasteiger partial charge is 0.0992 e. The molecule has 0 radical (unpaired) electrons. The topological polar surface area (TPSA) is 36.3 Å². The summed E-state index contributed by atoms with van der Waals surface area (Å²) in [5.74, 6) is 0. The quantitative estimate of drug-likeness (QED) is 0.777. The minimum Gasteiger partial charge on any atom is -0.376 e. The van der Waals surface area contributed by atoms with Crippen LogP contribution in [0.4, 0.5) is 5.69 Å². The Balaban J connectivity index is 2.02. The van der Waals surface area contributed by atoms with Gasteiger partial charge in [-0.05, 0) is 31.0 Å². The molecule has 0 spiro atoms. The Morgan fingerprint density at radius 3 is 3.12 bits per heavy atom. The van der Waals surface area contributed by atoms with Crippen LogP contribution in [0.5, 0.6) is 0 Å². The number of nitriles is 1. The Morgan fingerprint density at radius 1 is 1.56 bits per heavy atom. The highest BCUT2D eigenvalue weighted by Crippen LogP contribution is 2.18. The molecule has 0 bridgehead atoms. The fraction of sp³-hybridized carbons (Fsp3) is 0.462. The molecule has 84 valence electrons. The van der Waals surface area contributed by atoms with Crippen LogP contribution in [0, 0.1) is 11.3 Å². The number of hydrogen-bond acceptors (Lipinski definition) is 3. The molecule has 3 nitrogen and oxygen atoms in total. The van der Waals surface area contributed by atoms with Crippen LogP contribution < -0.4 is 4.90 Å². The van der Waals surface area contributed by atoms with Crippen LogP contribution in [0.15, 0.2) is 24.3 Å². The summed E-state index contributed by atoms with van der Waals surface area (Å²) in [5, 5.41) is 8.83. The fourth-order valence-electron chi connectivity index (χ4n) is 2.01. The summed E-state index contributed by atoms with van der Waals surface area (Å²) >= 11 is 0. The number of likely N-dealkylation sites (N-methyl/N-ethyl adjacent to an activating group) is 1. The summed E-state index contributed by atoms with van der Waals surface area (Å²) in [7, 11) is 2.04. The van der Waals surface area contributed by atoms with E-state index < -0.39 is 0 Å². The molecule has 1 aliphatic heterocycles. The fourth-order valence-corrected chi connectivity index (χ4v) is 2.01. The van der Waals surface area contributed by atoms with Crippen molar-refractivity contribution in [1.29, 1.82) is 5.26 Å². The van der Waals surface area contributed by atoms with Crippen molar-refractivity contribution in [2.45, 2.75) is 18.9 Å². The summed E-state index contributed by atoms with van der Waals surface area (Å²) in [6, 6.07) is 9.83. The number of anilines is 1. The second-order valence-corrected chi connectivity index (χ2v) is 4.18. The molecular weight excluding hydrogens is 200 g/mol. The molecule has 0 amide bonds. The molecule has 2 rings (SSSR count). The molecule has 1 aromatic carbocycles. The van der Waals surface area contributed by atoms with Crippen LogP contribution >= 0.6 is 0 Å². The molecule has 0 saturated carbocycles. The lowest BCUT2D eigenvalue weighted by atomic mass is 10.2. The van der Waals surface area contributed by atoms with Crippen molar-refractivity contribution in [3.63, 3.8) is 0 Å². The van der Waals surface area contributed by atoms with Gasteiger partial charge in [0.1, 0.15) is 0 Å². The number of ether oxygens (including phenoxy) is 1. The lowest BCUT2D eigenvalue weighted by Crippen LogP contribution is -2.28. The SMILES string of the molecule is CN(CC1CCCO1)c1cccc(C#N)c1. The largest absolute Gasteiger partial charge is 0.376 e. The van der Waals surface area contributed by atoms with Crippen LogP contribution in [0.25, 0.3) is 0 Å². The van der Waals surface area contributed by atoms with E-state index in [9.17, 15) is 0 Å². The van der Waals surface area contributed by atoms with Gasteiger partial charge < -0.3 is 9.64 Å². The number of hydrogen-bond donors (Lipinski definition) is 0. The Labute approximate surface area is 96.2 Å². The first kappa shape index (κ1) is 11.0. The Hall–Kier alpha value is -1.53. The average Bonchev–Trinajstić information content (AvgIpc) is 2.82. The molecule has 3 heteroatoms. The summed E-state index contributed by atoms with van der Waals surface area (Å²) in [4.78, 5) is 2.15. The zero-order chi connectivity index (χ0) is 11.4. The number of benzene rings is 1. The van der Waals surface area contributed by atoms with Crippen molar-refractivity contribution in [1.82, 2.24) is 0 Å². The lowest BCUT2D eigenvalue weighted by molar-refractivity contribution is 0.116. The van der Waals surface area contributed by atoms with Gasteiger partial charge in [-0.15, -0.1) is 0 Å². The highest BCUT2D eigenvalue weighted by atomic mass is 16.5. The summed E-state index contributed by atoms with van der Waals surface area (Å²) < 4.78 is 5.59. The van der Waals surface area contributed by atoms with Gasteiger partial charge in [0.2, 0.25) is 0 Å². The van der Waals surface area contributed by atoms with E-state index in [1.165, 1.54) is 0 Å². The van der Waals surface area contributed by atoms with Crippen molar-refractivity contribution < 1.29 is 4.74 Å². The molecule has 0 N–H and O–H groups in total. The maximum absolute atomic E-state index is 8.83. The molecule has 1 aliphatic rings. The normalized spacial score (nSPS) is 19.4. The van der Waals surface area contributed by atoms with Gasteiger partial charge in [-0.1, -0.05) is 6.07 Å². The molecule has 1 heterocycles. The average molecular weight is 216 g/mol. The van der Waals surface area contributed by atoms with Gasteiger partial charge in [0, 0.05) is 25.9 Å². The third-order valence-electron chi connectivity index (χ3n) is 2.92. The monoisotopic (exact) mass is 216 g/mol. The summed E-state index contributed by atoms with van der Waals surface area (Å²) in [5.41, 5.74) is 1.78. The lowest BCUT2D eigenvalue weighted by Gasteiger charge is -2.22. The second-order valence-electron chi connectivity index (χ2n) is 4.18. The summed E-state index contributed by atoms with van der Waals surface area (Å²) in [6.07, 6.45) is 2.65. The minimum atomic E-state index is 0.343. The predicted molar refractivity (Wildman–Crippen MR) is 63.4 cm³/mol. The van der Waals surface area contributed by atoms with Gasteiger partial charge in [-0.2, -0.15) is 5.26 Å². The van der Waals surface area contributed by atoms with E-state index in [0.717, 1.165) is 31.7 Å². The van der Waals surface area contributed by atoms with Crippen molar-refractivity contribution >= 4 is 5.69 Å². The van der Waals surface area contributed by atoms with E-state index in [0.29, 0.717) is 11.7 Å². The van der Waals surface area contributed by atoms with Crippen LogP contribution in [-0.4, -0.2) is 26.3 Å². The van der Waals surface area contributed by atoms with Gasteiger partial charge in [0.05, 0.1) is 17.7 Å². The first-order valence-corrected chi connectivity index (χ1v) is 5.62. The van der Waals surface area contributed by atoms with E-state index in [-0.39, 0.29) is 0 Å². The van der Waals surface area contributed by atoms with E-state index in [4.69, 9.17) is 10.00 Å². The maximum Gasteiger partial charge on any atom is 0.0992 e. The van der Waals surface area contributed by atoms with Crippen LogP contribution in [0.3, 0.4) is 0 Å². The number of rotatable bonds is 3. The zero-order valence-corrected chi connectivity index (χ0v) is 9.52. The Kier molecular flexibility index (Phi) is 3.43. The first-order chi connectivity index (χ1) is 7.79. The zero-order valence-electron chi connectivity index (χ0n) is 9.52. The Bertz CT molecular complexity index is 391. The van der Waals surface area contributed by atoms with Gasteiger partial charge in [-0.3, -0.25) is 0 Å². The maximum atomic E-state index is 8.83. The second kappa shape index (κ2) is 5.00. The summed E-state index contributed by atoms with van der Waals surface area (Å²) in [6.45, 7) is 1.78. The minimum absolute atomic E-state index is 0.343. The van der Waals surface area contributed by atoms with Gasteiger partial charge >= 0.3 is 0 Å². The Morgan fingerprint density at radius 2 is 2.44 bits per heavy atom. The van der Waals surface area contributed by atoms with Crippen molar-refractivity contribution in [3.05, 3.63) is 29.8 Å². The highest BCUT2D eigenvalue weighted by molar-refractivity contribution is 5.50. The highest BCUT2D eigenvalue weighted by Gasteiger charge is 2.17. The number of nitrogens with zero attached hydrogens (tertiary/aromatic N) is 2. The molecule has 1 saturated heterocycles. The molecule has 1 unspecified atom stereocenters. The van der Waals surface area contributed by atoms with E-state index in [1.807, 2.05) is 31.3 Å². The van der Waals surface area contributed by atoms with E-state index in [1.54, 1.807) is 0 Å². The van der Waals surface area contributed by atoms with Gasteiger partial charge in [0.15, 0.2) is 0 Å². The van der Waals surface area contributed by atoms with E-state index in [2.05, 4.69) is 11.0 Å². The molecule has 0 aromatic heterocycles. The molecule has 0 aliphatic carbocycles. The molecule has 1 fully saturated rings. The van der Waals surface area contributed by atoms with Gasteiger partial charge in [0.25, 0.3) is 0 Å². The van der Waals surface area contributed by atoms with Crippen molar-refractivity contribution in [3.8, 4) is 6.07 Å². The van der Waals surface area contributed by atoms with Crippen LogP contribution in [0.2, 0.25) is 0 Å². The van der Waals surface area contributed by atoms with E-state index >= 15 is 0 Å². The molecule has 1 aromatic rings. The third-order valence-corrected chi connectivity index (χ3v) is 2.92. The van der Waals surface area contributed by atoms with Crippen LogP contribution in [-0.2, 0) is 4.74 Å². The predicted octanol–water partition coefficient (Wildman–Crippen LogP) is 2.17. The third kappa shape index (κ3) is 2.53. The van der Waals surface area contributed by atoms with Gasteiger partial charge in [-0.25, -0.2) is 0 Å². The molecule has 16 heavy (non-hydrogen) atoms. The molecular formula is C13H16N2O.